The van der Waals surface area contributed by atoms with Gasteiger partial charge in [-0.1, -0.05) is 54.4 Å². The lowest BCUT2D eigenvalue weighted by atomic mass is 9.67. The zero-order chi connectivity index (χ0) is 12.4. The average Bonchev–Trinajstić information content (AvgIpc) is 2.03. The van der Waals surface area contributed by atoms with Crippen LogP contribution >= 0.6 is 0 Å². The van der Waals surface area contributed by atoms with Crippen LogP contribution in [0.4, 0.5) is 0 Å². The molecule has 0 heterocycles. The molecule has 1 rings (SSSR count). The van der Waals surface area contributed by atoms with Crippen LogP contribution in [0.25, 0.3) is 0 Å². The summed E-state index contributed by atoms with van der Waals surface area (Å²) in [6.45, 7) is 14.3. The van der Waals surface area contributed by atoms with Crippen molar-refractivity contribution in [2.24, 2.45) is 16.7 Å². The molecular weight excluding hydrogens is 192 g/mol. The fourth-order valence-corrected chi connectivity index (χ4v) is 3.05. The second kappa shape index (κ2) is 5.10. The summed E-state index contributed by atoms with van der Waals surface area (Å²) in [5.41, 5.74) is 0.966. The Hall–Kier alpha value is 0. The molecule has 1 unspecified atom stereocenters. The summed E-state index contributed by atoms with van der Waals surface area (Å²) in [6.07, 6.45) is 8.47. The molecule has 16 heavy (non-hydrogen) atoms. The minimum atomic E-state index is 0.475. The molecule has 1 aliphatic carbocycles. The molecule has 1 radical (unpaired) electrons. The van der Waals surface area contributed by atoms with Crippen LogP contribution in [-0.2, 0) is 0 Å². The Morgan fingerprint density at radius 2 is 1.56 bits per heavy atom. The van der Waals surface area contributed by atoms with Gasteiger partial charge in [-0.25, -0.2) is 0 Å². The highest BCUT2D eigenvalue weighted by Crippen LogP contribution is 2.44. The molecule has 1 atom stereocenters. The molecule has 0 aromatic heterocycles. The van der Waals surface area contributed by atoms with E-state index < -0.39 is 0 Å². The number of hydrogen-bond donors (Lipinski definition) is 0. The van der Waals surface area contributed by atoms with E-state index in [1.165, 1.54) is 38.5 Å². The van der Waals surface area contributed by atoms with Gasteiger partial charge >= 0.3 is 0 Å². The van der Waals surface area contributed by atoms with Gasteiger partial charge < -0.3 is 0 Å². The topological polar surface area (TPSA) is 0 Å². The summed E-state index contributed by atoms with van der Waals surface area (Å²) in [6, 6.07) is 0. The average molecular weight is 223 g/mol. The maximum atomic E-state index is 2.39. The molecular formula is C16H31. The standard InChI is InChI=1S/C16H31/c1-15(2,3)11-13-9-7-8-10-14(13)12-16(4,5)6/h13H,7-12H2,1-6H3. The molecule has 0 nitrogen and oxygen atoms in total. The van der Waals surface area contributed by atoms with Crippen LogP contribution < -0.4 is 0 Å². The van der Waals surface area contributed by atoms with E-state index in [9.17, 15) is 0 Å². The first kappa shape index (κ1) is 14.1. The lowest BCUT2D eigenvalue weighted by Gasteiger charge is -2.38. The highest BCUT2D eigenvalue weighted by atomic mass is 14.4. The molecule has 1 fully saturated rings. The highest BCUT2D eigenvalue weighted by molar-refractivity contribution is 5.02. The normalized spacial score (nSPS) is 24.8. The quantitative estimate of drug-likeness (QED) is 0.569. The molecule has 0 amide bonds. The van der Waals surface area contributed by atoms with Gasteiger partial charge in [0.25, 0.3) is 0 Å². The molecule has 1 saturated carbocycles. The second-order valence-corrected chi connectivity index (χ2v) is 8.10. The van der Waals surface area contributed by atoms with Crippen LogP contribution in [0.2, 0.25) is 0 Å². The van der Waals surface area contributed by atoms with E-state index in [0.29, 0.717) is 10.8 Å². The van der Waals surface area contributed by atoms with E-state index in [1.54, 1.807) is 0 Å². The van der Waals surface area contributed by atoms with Crippen LogP contribution in [0.5, 0.6) is 0 Å². The van der Waals surface area contributed by atoms with E-state index in [0.717, 1.165) is 5.92 Å². The van der Waals surface area contributed by atoms with Crippen LogP contribution in [-0.4, -0.2) is 0 Å². The van der Waals surface area contributed by atoms with Crippen LogP contribution in [0, 0.1) is 22.7 Å². The second-order valence-electron chi connectivity index (χ2n) is 8.10. The van der Waals surface area contributed by atoms with Crippen LogP contribution in [0.15, 0.2) is 0 Å². The van der Waals surface area contributed by atoms with Crippen molar-refractivity contribution in [3.05, 3.63) is 5.92 Å². The lowest BCUT2D eigenvalue weighted by molar-refractivity contribution is 0.228. The molecule has 0 aromatic carbocycles. The minimum absolute atomic E-state index is 0.475. The largest absolute Gasteiger partial charge is 0.0602 e. The highest BCUT2D eigenvalue weighted by Gasteiger charge is 2.31. The Morgan fingerprint density at radius 1 is 0.938 bits per heavy atom. The Bertz CT molecular complexity index is 177. The summed E-state index contributed by atoms with van der Waals surface area (Å²) in [5.74, 6) is 2.78. The Kier molecular flexibility index (Phi) is 4.49. The first-order chi connectivity index (χ1) is 7.17. The first-order valence-electron chi connectivity index (χ1n) is 7.02. The Morgan fingerprint density at radius 3 is 2.06 bits per heavy atom. The van der Waals surface area contributed by atoms with Gasteiger partial charge in [-0.05, 0) is 48.3 Å². The zero-order valence-electron chi connectivity index (χ0n) is 12.3. The summed E-state index contributed by atoms with van der Waals surface area (Å²) < 4.78 is 0. The minimum Gasteiger partial charge on any atom is -0.0602 e. The zero-order valence-corrected chi connectivity index (χ0v) is 12.3. The van der Waals surface area contributed by atoms with Crippen molar-refractivity contribution in [3.8, 4) is 0 Å². The smallest absolute Gasteiger partial charge is 0.0205 e. The van der Waals surface area contributed by atoms with E-state index in [2.05, 4.69) is 41.5 Å². The first-order valence-corrected chi connectivity index (χ1v) is 7.02. The molecule has 95 valence electrons. The third-order valence-corrected chi connectivity index (χ3v) is 3.49. The third kappa shape index (κ3) is 5.37. The number of rotatable bonds is 2. The van der Waals surface area contributed by atoms with Gasteiger partial charge in [0, 0.05) is 0 Å². The molecule has 0 aliphatic heterocycles. The summed E-state index contributed by atoms with van der Waals surface area (Å²) in [5, 5.41) is 0. The maximum absolute atomic E-state index is 2.39. The predicted molar refractivity (Wildman–Crippen MR) is 73.3 cm³/mol. The SMILES string of the molecule is CC(C)(C)C[C]1CCCCC1CC(C)(C)C. The van der Waals surface area contributed by atoms with E-state index in [4.69, 9.17) is 0 Å². The fraction of sp³-hybridized carbons (Fsp3) is 0.938. The van der Waals surface area contributed by atoms with E-state index in [1.807, 2.05) is 5.92 Å². The Labute approximate surface area is 103 Å². The van der Waals surface area contributed by atoms with Crippen molar-refractivity contribution < 1.29 is 0 Å². The summed E-state index contributed by atoms with van der Waals surface area (Å²) >= 11 is 0. The lowest BCUT2D eigenvalue weighted by Crippen LogP contribution is -2.26. The van der Waals surface area contributed by atoms with Crippen molar-refractivity contribution in [2.75, 3.05) is 0 Å². The van der Waals surface area contributed by atoms with Gasteiger partial charge in [-0.3, -0.25) is 0 Å². The molecule has 0 heteroatoms. The van der Waals surface area contributed by atoms with E-state index in [-0.39, 0.29) is 0 Å². The molecule has 0 spiro atoms. The van der Waals surface area contributed by atoms with Crippen molar-refractivity contribution in [1.29, 1.82) is 0 Å². The van der Waals surface area contributed by atoms with Crippen molar-refractivity contribution in [2.45, 2.75) is 80.1 Å². The predicted octanol–water partition coefficient (Wildman–Crippen LogP) is 5.62. The van der Waals surface area contributed by atoms with Gasteiger partial charge in [-0.2, -0.15) is 0 Å². The fourth-order valence-electron chi connectivity index (χ4n) is 3.05. The maximum Gasteiger partial charge on any atom is -0.0205 e. The molecule has 0 aromatic rings. The number of hydrogen-bond acceptors (Lipinski definition) is 0. The van der Waals surface area contributed by atoms with Crippen molar-refractivity contribution in [1.82, 2.24) is 0 Å². The van der Waals surface area contributed by atoms with Gasteiger partial charge in [-0.15, -0.1) is 0 Å². The van der Waals surface area contributed by atoms with Gasteiger partial charge in [0.05, 0.1) is 0 Å². The summed E-state index contributed by atoms with van der Waals surface area (Å²) in [4.78, 5) is 0. The van der Waals surface area contributed by atoms with Crippen LogP contribution in [0.1, 0.15) is 80.1 Å². The van der Waals surface area contributed by atoms with Crippen molar-refractivity contribution >= 4 is 0 Å². The van der Waals surface area contributed by atoms with Gasteiger partial charge in [0.15, 0.2) is 0 Å². The van der Waals surface area contributed by atoms with Gasteiger partial charge in [0.2, 0.25) is 0 Å². The third-order valence-electron chi connectivity index (χ3n) is 3.49. The molecule has 0 bridgehead atoms. The van der Waals surface area contributed by atoms with Crippen molar-refractivity contribution in [3.63, 3.8) is 0 Å². The van der Waals surface area contributed by atoms with Crippen LogP contribution in [0.3, 0.4) is 0 Å². The molecule has 0 saturated heterocycles. The molecule has 1 aliphatic rings. The van der Waals surface area contributed by atoms with E-state index >= 15 is 0 Å². The Balaban J connectivity index is 2.57. The van der Waals surface area contributed by atoms with Gasteiger partial charge in [0.1, 0.15) is 0 Å². The molecule has 0 N–H and O–H groups in total. The monoisotopic (exact) mass is 223 g/mol. The summed E-state index contributed by atoms with van der Waals surface area (Å²) in [7, 11) is 0.